The molecule has 0 radical (unpaired) electrons. The van der Waals surface area contributed by atoms with E-state index in [-0.39, 0.29) is 12.6 Å². The van der Waals surface area contributed by atoms with E-state index in [0.29, 0.717) is 18.0 Å². The van der Waals surface area contributed by atoms with Crippen LogP contribution in [0.25, 0.3) is 0 Å². The van der Waals surface area contributed by atoms with Gasteiger partial charge in [0, 0.05) is 32.7 Å². The van der Waals surface area contributed by atoms with Crippen LogP contribution in [0.4, 0.5) is 0 Å². The number of esters is 1. The Kier molecular flexibility index (Phi) is 8.27. The van der Waals surface area contributed by atoms with Crippen molar-refractivity contribution >= 4 is 11.9 Å². The topological polar surface area (TPSA) is 63.2 Å². The zero-order chi connectivity index (χ0) is 21.2. The highest BCUT2D eigenvalue weighted by atomic mass is 16.5. The minimum Gasteiger partial charge on any atom is -0.457 e. The number of carbonyl (C=O) groups excluding carboxylic acids is 1. The standard InChI is InChI=1S/C24H31N3O3/c1-3-25-24(27(2)16-21-12-13-29-17-21)26-15-20-10-7-11-22(14-20)23(28)30-18-19-8-5-4-6-9-19/h4-11,14,21H,3,12-13,15-18H2,1-2H3,(H,25,26). The number of rotatable bonds is 8. The lowest BCUT2D eigenvalue weighted by molar-refractivity contribution is 0.0472. The number of benzene rings is 2. The van der Waals surface area contributed by atoms with E-state index >= 15 is 0 Å². The number of aliphatic imine (C=N–C) groups is 1. The molecule has 0 saturated carbocycles. The van der Waals surface area contributed by atoms with Crippen molar-refractivity contribution in [2.75, 3.05) is 33.4 Å². The molecule has 1 aliphatic rings. The van der Waals surface area contributed by atoms with Crippen molar-refractivity contribution in [3.8, 4) is 0 Å². The molecule has 0 bridgehead atoms. The molecule has 3 rings (SSSR count). The van der Waals surface area contributed by atoms with Crippen LogP contribution in [-0.4, -0.2) is 50.2 Å². The van der Waals surface area contributed by atoms with Gasteiger partial charge in [-0.3, -0.25) is 0 Å². The fourth-order valence-corrected chi connectivity index (χ4v) is 3.44. The molecule has 2 aromatic rings. The first-order valence-corrected chi connectivity index (χ1v) is 10.5. The molecule has 0 amide bonds. The fraction of sp³-hybridized carbons (Fsp3) is 0.417. The maximum absolute atomic E-state index is 12.4. The lowest BCUT2D eigenvalue weighted by atomic mass is 10.1. The second-order valence-electron chi connectivity index (χ2n) is 7.54. The van der Waals surface area contributed by atoms with E-state index in [1.165, 1.54) is 0 Å². The summed E-state index contributed by atoms with van der Waals surface area (Å²) in [5.74, 6) is 1.08. The molecular formula is C24H31N3O3. The minimum atomic E-state index is -0.324. The van der Waals surface area contributed by atoms with Gasteiger partial charge in [0.2, 0.25) is 0 Å². The van der Waals surface area contributed by atoms with Crippen LogP contribution >= 0.6 is 0 Å². The van der Waals surface area contributed by atoms with Crippen molar-refractivity contribution < 1.29 is 14.3 Å². The van der Waals surface area contributed by atoms with E-state index in [0.717, 1.165) is 49.8 Å². The lowest BCUT2D eigenvalue weighted by Crippen LogP contribution is -2.41. The predicted octanol–water partition coefficient (Wildman–Crippen LogP) is 3.48. The van der Waals surface area contributed by atoms with Crippen molar-refractivity contribution in [3.05, 3.63) is 71.3 Å². The number of ether oxygens (including phenoxy) is 2. The van der Waals surface area contributed by atoms with Gasteiger partial charge in [0.25, 0.3) is 0 Å². The van der Waals surface area contributed by atoms with E-state index in [9.17, 15) is 4.79 Å². The zero-order valence-electron chi connectivity index (χ0n) is 17.8. The van der Waals surface area contributed by atoms with Gasteiger partial charge in [-0.2, -0.15) is 0 Å². The van der Waals surface area contributed by atoms with Gasteiger partial charge in [-0.05, 0) is 36.6 Å². The molecule has 0 spiro atoms. The van der Waals surface area contributed by atoms with Gasteiger partial charge in [-0.25, -0.2) is 9.79 Å². The van der Waals surface area contributed by atoms with Crippen LogP contribution < -0.4 is 5.32 Å². The first-order chi connectivity index (χ1) is 14.7. The first kappa shape index (κ1) is 21.8. The Morgan fingerprint density at radius 1 is 1.20 bits per heavy atom. The molecule has 1 unspecified atom stereocenters. The van der Waals surface area contributed by atoms with Crippen molar-refractivity contribution in [2.24, 2.45) is 10.9 Å². The molecular weight excluding hydrogens is 378 g/mol. The summed E-state index contributed by atoms with van der Waals surface area (Å²) in [4.78, 5) is 19.3. The molecule has 6 heteroatoms. The Balaban J connectivity index is 1.59. The number of nitrogens with zero attached hydrogens (tertiary/aromatic N) is 2. The summed E-state index contributed by atoms with van der Waals surface area (Å²) in [6.07, 6.45) is 1.09. The number of carbonyl (C=O) groups is 1. The molecule has 0 aromatic heterocycles. The lowest BCUT2D eigenvalue weighted by Gasteiger charge is -2.24. The molecule has 6 nitrogen and oxygen atoms in total. The largest absolute Gasteiger partial charge is 0.457 e. The maximum atomic E-state index is 12.4. The van der Waals surface area contributed by atoms with E-state index in [4.69, 9.17) is 14.5 Å². The van der Waals surface area contributed by atoms with Gasteiger partial charge in [-0.15, -0.1) is 0 Å². The summed E-state index contributed by atoms with van der Waals surface area (Å²) in [5.41, 5.74) is 2.48. The summed E-state index contributed by atoms with van der Waals surface area (Å²) in [5, 5.41) is 3.35. The van der Waals surface area contributed by atoms with Crippen molar-refractivity contribution in [1.29, 1.82) is 0 Å². The summed E-state index contributed by atoms with van der Waals surface area (Å²) < 4.78 is 10.9. The van der Waals surface area contributed by atoms with Crippen LogP contribution in [0.15, 0.2) is 59.6 Å². The second kappa shape index (κ2) is 11.4. The third kappa shape index (κ3) is 6.59. The Bertz CT molecular complexity index is 833. The normalized spacial score (nSPS) is 16.3. The first-order valence-electron chi connectivity index (χ1n) is 10.5. The smallest absolute Gasteiger partial charge is 0.338 e. The van der Waals surface area contributed by atoms with Crippen molar-refractivity contribution in [3.63, 3.8) is 0 Å². The average molecular weight is 410 g/mol. The molecule has 0 aliphatic carbocycles. The molecule has 1 saturated heterocycles. The molecule has 1 heterocycles. The van der Waals surface area contributed by atoms with Gasteiger partial charge in [0.1, 0.15) is 6.61 Å². The molecule has 1 atom stereocenters. The number of hydrogen-bond acceptors (Lipinski definition) is 4. The zero-order valence-corrected chi connectivity index (χ0v) is 17.8. The van der Waals surface area contributed by atoms with E-state index in [1.807, 2.05) is 48.5 Å². The SMILES string of the molecule is CCNC(=NCc1cccc(C(=O)OCc2ccccc2)c1)N(C)CC1CCOC1. The number of guanidine groups is 1. The highest BCUT2D eigenvalue weighted by Gasteiger charge is 2.19. The van der Waals surface area contributed by atoms with E-state index in [1.54, 1.807) is 6.07 Å². The molecule has 1 aliphatic heterocycles. The van der Waals surface area contributed by atoms with Gasteiger partial charge in [0.15, 0.2) is 5.96 Å². The summed E-state index contributed by atoms with van der Waals surface area (Å²) in [7, 11) is 2.05. The highest BCUT2D eigenvalue weighted by molar-refractivity contribution is 5.89. The van der Waals surface area contributed by atoms with Gasteiger partial charge in [0.05, 0.1) is 18.7 Å². The average Bonchev–Trinajstić information content (AvgIpc) is 3.29. The van der Waals surface area contributed by atoms with Crippen LogP contribution in [0, 0.1) is 5.92 Å². The molecule has 1 N–H and O–H groups in total. The third-order valence-electron chi connectivity index (χ3n) is 5.04. The van der Waals surface area contributed by atoms with Crippen LogP contribution in [0.1, 0.15) is 34.8 Å². The summed E-state index contributed by atoms with van der Waals surface area (Å²) in [6.45, 7) is 6.20. The minimum absolute atomic E-state index is 0.266. The molecule has 160 valence electrons. The quantitative estimate of drug-likeness (QED) is 0.411. The second-order valence-corrected chi connectivity index (χ2v) is 7.54. The highest BCUT2D eigenvalue weighted by Crippen LogP contribution is 2.14. The summed E-state index contributed by atoms with van der Waals surface area (Å²) in [6, 6.07) is 17.2. The molecule has 30 heavy (non-hydrogen) atoms. The number of nitrogens with one attached hydrogen (secondary N) is 1. The Morgan fingerprint density at radius 3 is 2.73 bits per heavy atom. The van der Waals surface area contributed by atoms with Crippen molar-refractivity contribution in [1.82, 2.24) is 10.2 Å². The Hall–Kier alpha value is -2.86. The Labute approximate surface area is 178 Å². The number of hydrogen-bond donors (Lipinski definition) is 1. The van der Waals surface area contributed by atoms with Crippen LogP contribution in [-0.2, 0) is 22.6 Å². The van der Waals surface area contributed by atoms with Crippen LogP contribution in [0.5, 0.6) is 0 Å². The van der Waals surface area contributed by atoms with E-state index in [2.05, 4.69) is 24.2 Å². The van der Waals surface area contributed by atoms with Gasteiger partial charge < -0.3 is 19.7 Å². The molecule has 1 fully saturated rings. The maximum Gasteiger partial charge on any atom is 0.338 e. The monoisotopic (exact) mass is 409 g/mol. The Morgan fingerprint density at radius 2 is 2.00 bits per heavy atom. The third-order valence-corrected chi connectivity index (χ3v) is 5.04. The summed E-state index contributed by atoms with van der Waals surface area (Å²) >= 11 is 0. The van der Waals surface area contributed by atoms with Crippen LogP contribution in [0.3, 0.4) is 0 Å². The van der Waals surface area contributed by atoms with Gasteiger partial charge >= 0.3 is 5.97 Å². The molecule has 2 aromatic carbocycles. The van der Waals surface area contributed by atoms with Crippen LogP contribution in [0.2, 0.25) is 0 Å². The predicted molar refractivity (Wildman–Crippen MR) is 118 cm³/mol. The fourth-order valence-electron chi connectivity index (χ4n) is 3.44. The van der Waals surface area contributed by atoms with Crippen molar-refractivity contribution in [2.45, 2.75) is 26.5 Å². The van der Waals surface area contributed by atoms with Gasteiger partial charge in [-0.1, -0.05) is 42.5 Å². The van der Waals surface area contributed by atoms with E-state index < -0.39 is 0 Å².